The van der Waals surface area contributed by atoms with E-state index in [0.29, 0.717) is 22.7 Å². The number of nitriles is 2. The second-order valence-corrected chi connectivity index (χ2v) is 23.5. The molecule has 8 aromatic heterocycles. The van der Waals surface area contributed by atoms with E-state index >= 15 is 0 Å². The molecule has 0 aliphatic heterocycles. The third-order valence-electron chi connectivity index (χ3n) is 19.2. The maximum absolute atomic E-state index is 13.0. The summed E-state index contributed by atoms with van der Waals surface area (Å²) >= 11 is 0. The highest BCUT2D eigenvalue weighted by molar-refractivity contribution is 6.29. The summed E-state index contributed by atoms with van der Waals surface area (Å²) < 4.78 is 36.9. The van der Waals surface area contributed by atoms with E-state index in [9.17, 15) is 10.5 Å². The van der Waals surface area contributed by atoms with Crippen LogP contribution in [0.3, 0.4) is 0 Å². The molecule has 10 nitrogen and oxygen atoms in total. The molecule has 21 aromatic rings. The standard InChI is InChI=1S/C80H40N6O4/c81-41-55-73(83-57-25-9-1-21-51(57)69-61(83)37-33-47-43-17-5-13-29-65(43)87-77(47)69)56(42-82)75(85-59-27-11-3-23-53(59)71-63(85)39-35-49-45-19-7-15-31-67(45)89-79(49)71)76(86-60-28-12-4-24-54(60)72-64(86)40-36-50-46-20-8-16-32-68(46)90-80(50)72)74(55)84-58-26-10-2-22-52(58)70-62(84)38-34-48-44-18-6-14-30-66(44)88-78(48)70/h1-40H. The van der Waals surface area contributed by atoms with Crippen molar-refractivity contribution < 1.29 is 17.7 Å². The van der Waals surface area contributed by atoms with Crippen LogP contribution in [0.5, 0.6) is 0 Å². The van der Waals surface area contributed by atoms with Crippen LogP contribution in [0.25, 0.3) is 198 Å². The Morgan fingerprint density at radius 2 is 0.444 bits per heavy atom. The molecule has 414 valence electrons. The monoisotopic (exact) mass is 1150 g/mol. The molecule has 0 saturated heterocycles. The van der Waals surface area contributed by atoms with Gasteiger partial charge in [-0.2, -0.15) is 10.5 Å². The molecule has 13 aromatic carbocycles. The minimum absolute atomic E-state index is 0.265. The van der Waals surface area contributed by atoms with Crippen LogP contribution in [0.2, 0.25) is 0 Å². The van der Waals surface area contributed by atoms with Crippen LogP contribution in [0.4, 0.5) is 0 Å². The first-order chi connectivity index (χ1) is 44.6. The molecule has 90 heavy (non-hydrogen) atoms. The summed E-state index contributed by atoms with van der Waals surface area (Å²) in [6.07, 6.45) is 0. The van der Waals surface area contributed by atoms with E-state index in [4.69, 9.17) is 17.7 Å². The van der Waals surface area contributed by atoms with Gasteiger partial charge in [-0.1, -0.05) is 146 Å². The third kappa shape index (κ3) is 5.81. The first-order valence-electron chi connectivity index (χ1n) is 30.0. The predicted molar refractivity (Wildman–Crippen MR) is 362 cm³/mol. The molecule has 0 amide bonds. The SMILES string of the molecule is N#Cc1c(-n2c3ccccc3c3c4oc5ccccc5c4ccc32)c(C#N)c(-n2c3ccccc3c3c4oc5ccccc5c4ccc32)c(-n2c3ccccc3c3c4oc5ccccc5c4ccc32)c1-n1c2ccccc2c2c3oc4ccccc4c3ccc21. The smallest absolute Gasteiger partial charge is 0.145 e. The number of hydrogen-bond donors (Lipinski definition) is 0. The van der Waals surface area contributed by atoms with Crippen LogP contribution in [0, 0.1) is 22.7 Å². The number of aromatic nitrogens is 4. The minimum Gasteiger partial charge on any atom is -0.455 e. The zero-order valence-corrected chi connectivity index (χ0v) is 47.4. The van der Waals surface area contributed by atoms with Crippen molar-refractivity contribution in [3.8, 4) is 34.9 Å². The van der Waals surface area contributed by atoms with E-state index < -0.39 is 0 Å². The number of fused-ring (bicyclic) bond motifs is 28. The highest BCUT2D eigenvalue weighted by Crippen LogP contribution is 2.53. The highest BCUT2D eigenvalue weighted by atomic mass is 16.3. The van der Waals surface area contributed by atoms with Gasteiger partial charge in [-0.05, 0) is 97.1 Å². The summed E-state index contributed by atoms with van der Waals surface area (Å²) in [7, 11) is 0. The van der Waals surface area contributed by atoms with Crippen molar-refractivity contribution in [1.82, 2.24) is 18.3 Å². The largest absolute Gasteiger partial charge is 0.455 e. The Hall–Kier alpha value is -12.8. The van der Waals surface area contributed by atoms with Crippen molar-refractivity contribution in [2.45, 2.75) is 0 Å². The average molecular weight is 1150 g/mol. The fourth-order valence-corrected chi connectivity index (χ4v) is 15.7. The first kappa shape index (κ1) is 47.5. The van der Waals surface area contributed by atoms with Crippen molar-refractivity contribution >= 4 is 175 Å². The number of nitrogens with zero attached hydrogens (tertiary/aromatic N) is 6. The van der Waals surface area contributed by atoms with Gasteiger partial charge < -0.3 is 35.9 Å². The molecule has 0 atom stereocenters. The lowest BCUT2D eigenvalue weighted by molar-refractivity contribution is 0.672. The molecule has 0 radical (unpaired) electrons. The molecule has 0 N–H and O–H groups in total. The third-order valence-corrected chi connectivity index (χ3v) is 19.2. The maximum atomic E-state index is 13.0. The summed E-state index contributed by atoms with van der Waals surface area (Å²) in [6, 6.07) is 89.2. The van der Waals surface area contributed by atoms with E-state index in [-0.39, 0.29) is 11.1 Å². The van der Waals surface area contributed by atoms with Crippen molar-refractivity contribution in [3.63, 3.8) is 0 Å². The molecule has 8 heterocycles. The lowest BCUT2D eigenvalue weighted by Crippen LogP contribution is -2.16. The van der Waals surface area contributed by atoms with E-state index in [1.165, 1.54) is 0 Å². The topological polar surface area (TPSA) is 120 Å². The molecule has 0 saturated carbocycles. The fourth-order valence-electron chi connectivity index (χ4n) is 15.7. The molecule has 21 rings (SSSR count). The zero-order chi connectivity index (χ0) is 58.8. The molecular formula is C80H40N6O4. The van der Waals surface area contributed by atoms with Gasteiger partial charge in [0.1, 0.15) is 67.9 Å². The van der Waals surface area contributed by atoms with Gasteiger partial charge >= 0.3 is 0 Å². The number of para-hydroxylation sites is 8. The van der Waals surface area contributed by atoms with Gasteiger partial charge in [0.2, 0.25) is 0 Å². The van der Waals surface area contributed by atoms with E-state index in [0.717, 1.165) is 175 Å². The van der Waals surface area contributed by atoms with Crippen LogP contribution in [0.1, 0.15) is 11.1 Å². The molecule has 0 aliphatic rings. The van der Waals surface area contributed by atoms with Gasteiger partial charge in [0.25, 0.3) is 0 Å². The zero-order valence-electron chi connectivity index (χ0n) is 47.4. The Balaban J connectivity index is 1.06. The van der Waals surface area contributed by atoms with E-state index in [1.807, 2.05) is 84.9 Å². The van der Waals surface area contributed by atoms with Crippen LogP contribution in [-0.4, -0.2) is 18.3 Å². The van der Waals surface area contributed by atoms with E-state index in [1.54, 1.807) is 0 Å². The lowest BCUT2D eigenvalue weighted by atomic mass is 9.98. The number of rotatable bonds is 4. The second-order valence-electron chi connectivity index (χ2n) is 23.5. The number of benzene rings is 13. The van der Waals surface area contributed by atoms with Gasteiger partial charge in [-0.3, -0.25) is 0 Å². The fraction of sp³-hybridized carbons (Fsp3) is 0. The van der Waals surface area contributed by atoms with Crippen molar-refractivity contribution in [2.75, 3.05) is 0 Å². The van der Waals surface area contributed by atoms with Crippen molar-refractivity contribution in [3.05, 3.63) is 254 Å². The lowest BCUT2D eigenvalue weighted by Gasteiger charge is -2.27. The Kier molecular flexibility index (Phi) is 8.98. The van der Waals surface area contributed by atoms with Crippen LogP contribution < -0.4 is 0 Å². The first-order valence-corrected chi connectivity index (χ1v) is 30.0. The maximum Gasteiger partial charge on any atom is 0.145 e. The summed E-state index contributed by atoms with van der Waals surface area (Å²) in [5.74, 6) is 0. The van der Waals surface area contributed by atoms with Gasteiger partial charge in [-0.15, -0.1) is 0 Å². The van der Waals surface area contributed by atoms with Crippen molar-refractivity contribution in [1.29, 1.82) is 10.5 Å². The Labute approximate surface area is 507 Å². The Morgan fingerprint density at radius 1 is 0.211 bits per heavy atom. The number of hydrogen-bond acceptors (Lipinski definition) is 6. The molecular weight excluding hydrogens is 1110 g/mol. The number of furan rings is 4. The second kappa shape index (κ2) is 17.0. The molecule has 0 spiro atoms. The molecule has 10 heteroatoms. The van der Waals surface area contributed by atoms with Crippen molar-refractivity contribution in [2.24, 2.45) is 0 Å². The van der Waals surface area contributed by atoms with Gasteiger partial charge in [0.05, 0.1) is 88.4 Å². The van der Waals surface area contributed by atoms with Gasteiger partial charge in [0.15, 0.2) is 0 Å². The molecule has 0 bridgehead atoms. The minimum atomic E-state index is 0.265. The summed E-state index contributed by atoms with van der Waals surface area (Å²) in [4.78, 5) is 0. The Bertz CT molecular complexity index is 6720. The highest BCUT2D eigenvalue weighted by Gasteiger charge is 2.36. The molecule has 0 aliphatic carbocycles. The summed E-state index contributed by atoms with van der Waals surface area (Å²) in [6.45, 7) is 0. The van der Waals surface area contributed by atoms with Crippen LogP contribution >= 0.6 is 0 Å². The van der Waals surface area contributed by atoms with E-state index in [2.05, 4.69) is 188 Å². The summed E-state index contributed by atoms with van der Waals surface area (Å²) in [5, 5.41) is 41.1. The molecule has 0 fully saturated rings. The Morgan fingerprint density at radius 3 is 0.722 bits per heavy atom. The quantitative estimate of drug-likeness (QED) is 0.173. The molecule has 0 unspecified atom stereocenters. The van der Waals surface area contributed by atoms with Gasteiger partial charge in [-0.25, -0.2) is 0 Å². The van der Waals surface area contributed by atoms with Crippen LogP contribution in [-0.2, 0) is 0 Å². The predicted octanol–water partition coefficient (Wildman–Crippen LogP) is 21.4. The average Bonchev–Trinajstić information content (AvgIpc) is 1.47. The van der Waals surface area contributed by atoms with Gasteiger partial charge in [0, 0.05) is 64.6 Å². The summed E-state index contributed by atoms with van der Waals surface area (Å²) in [5.41, 5.74) is 15.1. The normalized spacial score (nSPS) is 12.4. The van der Waals surface area contributed by atoms with Crippen LogP contribution in [0.15, 0.2) is 260 Å².